The third kappa shape index (κ3) is 3.74. The minimum absolute atomic E-state index is 0. The Balaban J connectivity index is 0.00000128. The van der Waals surface area contributed by atoms with Crippen LogP contribution in [0.5, 0.6) is 0 Å². The first kappa shape index (κ1) is 13.4. The molecule has 1 unspecified atom stereocenters. The number of hydrogen-bond acceptors (Lipinski definition) is 3. The van der Waals surface area contributed by atoms with Crippen LogP contribution in [-0.2, 0) is 6.54 Å². The Kier molecular flexibility index (Phi) is 5.74. The lowest BCUT2D eigenvalue weighted by molar-refractivity contribution is 0.171. The maximum Gasteiger partial charge on any atom is 0.0312 e. The molecule has 0 aliphatic carbocycles. The molecule has 0 aromatic carbocycles. The van der Waals surface area contributed by atoms with Gasteiger partial charge in [0.25, 0.3) is 0 Å². The second-order valence-electron chi connectivity index (χ2n) is 4.34. The third-order valence-corrected chi connectivity index (χ3v) is 3.07. The van der Waals surface area contributed by atoms with E-state index in [-0.39, 0.29) is 12.4 Å². The highest BCUT2D eigenvalue weighted by atomic mass is 35.5. The van der Waals surface area contributed by atoms with Crippen LogP contribution in [0.15, 0.2) is 24.5 Å². The zero-order valence-corrected chi connectivity index (χ0v) is 10.3. The average Bonchev–Trinajstić information content (AvgIpc) is 2.31. The molecule has 1 saturated heterocycles. The fraction of sp³-hybridized carbons (Fsp3) is 0.583. The van der Waals surface area contributed by atoms with Gasteiger partial charge in [0.1, 0.15) is 0 Å². The van der Waals surface area contributed by atoms with E-state index in [4.69, 9.17) is 5.73 Å². The van der Waals surface area contributed by atoms with Crippen LogP contribution in [0.1, 0.15) is 18.4 Å². The molecule has 0 bridgehead atoms. The quantitative estimate of drug-likeness (QED) is 0.876. The minimum atomic E-state index is 0. The molecule has 1 aromatic rings. The molecule has 0 saturated carbocycles. The Morgan fingerprint density at radius 2 is 2.38 bits per heavy atom. The molecule has 2 N–H and O–H groups in total. The topological polar surface area (TPSA) is 42.1 Å². The summed E-state index contributed by atoms with van der Waals surface area (Å²) in [6.07, 6.45) is 6.34. The summed E-state index contributed by atoms with van der Waals surface area (Å²) in [5.41, 5.74) is 7.02. The Morgan fingerprint density at radius 1 is 1.50 bits per heavy atom. The largest absolute Gasteiger partial charge is 0.330 e. The van der Waals surface area contributed by atoms with Gasteiger partial charge in [-0.1, -0.05) is 6.07 Å². The molecule has 1 aromatic heterocycles. The summed E-state index contributed by atoms with van der Waals surface area (Å²) in [4.78, 5) is 6.62. The monoisotopic (exact) mass is 241 g/mol. The maximum atomic E-state index is 5.72. The van der Waals surface area contributed by atoms with Crippen molar-refractivity contribution in [2.75, 3.05) is 19.6 Å². The van der Waals surface area contributed by atoms with Crippen molar-refractivity contribution in [3.05, 3.63) is 30.1 Å². The van der Waals surface area contributed by atoms with Crippen molar-refractivity contribution in [2.24, 2.45) is 11.7 Å². The summed E-state index contributed by atoms with van der Waals surface area (Å²) >= 11 is 0. The summed E-state index contributed by atoms with van der Waals surface area (Å²) in [7, 11) is 0. The van der Waals surface area contributed by atoms with Gasteiger partial charge in [0.15, 0.2) is 0 Å². The van der Waals surface area contributed by atoms with Crippen molar-refractivity contribution in [2.45, 2.75) is 19.4 Å². The Labute approximate surface area is 103 Å². The number of pyridine rings is 1. The van der Waals surface area contributed by atoms with Crippen LogP contribution in [0, 0.1) is 5.92 Å². The first-order valence-electron chi connectivity index (χ1n) is 5.70. The number of hydrogen-bond donors (Lipinski definition) is 1. The Morgan fingerprint density at radius 3 is 3.06 bits per heavy atom. The Bertz CT molecular complexity index is 292. The van der Waals surface area contributed by atoms with Gasteiger partial charge in [0.2, 0.25) is 0 Å². The molecular weight excluding hydrogens is 222 g/mol. The van der Waals surface area contributed by atoms with Crippen molar-refractivity contribution >= 4 is 12.4 Å². The van der Waals surface area contributed by atoms with Crippen molar-refractivity contribution < 1.29 is 0 Å². The van der Waals surface area contributed by atoms with Crippen LogP contribution in [-0.4, -0.2) is 29.5 Å². The summed E-state index contributed by atoms with van der Waals surface area (Å²) in [5, 5.41) is 0. The third-order valence-electron chi connectivity index (χ3n) is 3.07. The van der Waals surface area contributed by atoms with Crippen LogP contribution in [0.3, 0.4) is 0 Å². The molecule has 2 rings (SSSR count). The van der Waals surface area contributed by atoms with Crippen LogP contribution in [0.25, 0.3) is 0 Å². The summed E-state index contributed by atoms with van der Waals surface area (Å²) < 4.78 is 0. The van der Waals surface area contributed by atoms with Crippen molar-refractivity contribution in [1.29, 1.82) is 0 Å². The van der Waals surface area contributed by atoms with E-state index in [2.05, 4.69) is 16.0 Å². The fourth-order valence-electron chi connectivity index (χ4n) is 2.24. The molecule has 0 spiro atoms. The van der Waals surface area contributed by atoms with E-state index in [1.54, 1.807) is 0 Å². The highest BCUT2D eigenvalue weighted by molar-refractivity contribution is 5.85. The van der Waals surface area contributed by atoms with E-state index >= 15 is 0 Å². The summed E-state index contributed by atoms with van der Waals surface area (Å²) in [5.74, 6) is 0.690. The second-order valence-corrected chi connectivity index (χ2v) is 4.34. The summed E-state index contributed by atoms with van der Waals surface area (Å²) in [6, 6.07) is 4.14. The zero-order valence-electron chi connectivity index (χ0n) is 9.51. The van der Waals surface area contributed by atoms with Gasteiger partial charge in [-0.25, -0.2) is 0 Å². The van der Waals surface area contributed by atoms with E-state index in [0.717, 1.165) is 19.6 Å². The number of aromatic nitrogens is 1. The molecule has 0 amide bonds. The van der Waals surface area contributed by atoms with Gasteiger partial charge in [-0.15, -0.1) is 12.4 Å². The number of rotatable bonds is 3. The van der Waals surface area contributed by atoms with Crippen LogP contribution in [0.4, 0.5) is 0 Å². The van der Waals surface area contributed by atoms with E-state index in [9.17, 15) is 0 Å². The molecule has 3 nitrogen and oxygen atoms in total. The molecule has 1 aliphatic rings. The zero-order chi connectivity index (χ0) is 10.5. The number of nitrogens with zero attached hydrogens (tertiary/aromatic N) is 2. The minimum Gasteiger partial charge on any atom is -0.330 e. The smallest absolute Gasteiger partial charge is 0.0312 e. The van der Waals surface area contributed by atoms with Gasteiger partial charge < -0.3 is 5.73 Å². The predicted molar refractivity (Wildman–Crippen MR) is 68.5 cm³/mol. The number of nitrogens with two attached hydrogens (primary N) is 1. The molecule has 90 valence electrons. The molecule has 0 radical (unpaired) electrons. The van der Waals surface area contributed by atoms with Crippen molar-refractivity contribution in [1.82, 2.24) is 9.88 Å². The lowest BCUT2D eigenvalue weighted by atomic mass is 9.98. The van der Waals surface area contributed by atoms with Gasteiger partial charge in [-0.05, 0) is 43.5 Å². The molecular formula is C12H20ClN3. The molecule has 1 fully saturated rings. The van der Waals surface area contributed by atoms with Crippen LogP contribution < -0.4 is 5.73 Å². The van der Waals surface area contributed by atoms with Crippen LogP contribution >= 0.6 is 12.4 Å². The van der Waals surface area contributed by atoms with Gasteiger partial charge in [-0.3, -0.25) is 9.88 Å². The van der Waals surface area contributed by atoms with Crippen molar-refractivity contribution in [3.63, 3.8) is 0 Å². The highest BCUT2D eigenvalue weighted by Gasteiger charge is 2.18. The van der Waals surface area contributed by atoms with Gasteiger partial charge in [0.05, 0.1) is 0 Å². The first-order valence-corrected chi connectivity index (χ1v) is 5.70. The molecule has 4 heteroatoms. The van der Waals surface area contributed by atoms with Gasteiger partial charge in [-0.2, -0.15) is 0 Å². The molecule has 16 heavy (non-hydrogen) atoms. The SMILES string of the molecule is Cl.NCC1CCCN(Cc2cccnc2)C1. The standard InChI is InChI=1S/C12H19N3.ClH/c13-7-11-4-2-6-15(9-11)10-12-3-1-5-14-8-12;/h1,3,5,8,11H,2,4,6-7,9-10,13H2;1H. The molecule has 2 heterocycles. The lowest BCUT2D eigenvalue weighted by Crippen LogP contribution is -2.37. The van der Waals surface area contributed by atoms with Crippen molar-refractivity contribution in [3.8, 4) is 0 Å². The lowest BCUT2D eigenvalue weighted by Gasteiger charge is -2.31. The van der Waals surface area contributed by atoms with Gasteiger partial charge in [0, 0.05) is 25.5 Å². The highest BCUT2D eigenvalue weighted by Crippen LogP contribution is 2.17. The van der Waals surface area contributed by atoms with Gasteiger partial charge >= 0.3 is 0 Å². The summed E-state index contributed by atoms with van der Waals surface area (Å²) in [6.45, 7) is 4.19. The van der Waals surface area contributed by atoms with E-state index < -0.39 is 0 Å². The average molecular weight is 242 g/mol. The number of halogens is 1. The second kappa shape index (κ2) is 6.84. The fourth-order valence-corrected chi connectivity index (χ4v) is 2.24. The van der Waals surface area contributed by atoms with E-state index in [1.807, 2.05) is 18.5 Å². The normalized spacial score (nSPS) is 21.4. The molecule has 1 aliphatic heterocycles. The first-order chi connectivity index (χ1) is 7.38. The number of likely N-dealkylation sites (tertiary alicyclic amines) is 1. The Hall–Kier alpha value is -0.640. The number of piperidine rings is 1. The van der Waals surface area contributed by atoms with E-state index in [1.165, 1.54) is 24.9 Å². The molecule has 1 atom stereocenters. The predicted octanol–water partition coefficient (Wildman–Crippen LogP) is 1.67. The van der Waals surface area contributed by atoms with E-state index in [0.29, 0.717) is 5.92 Å². The van der Waals surface area contributed by atoms with Crippen LogP contribution in [0.2, 0.25) is 0 Å². The maximum absolute atomic E-state index is 5.72.